The van der Waals surface area contributed by atoms with E-state index in [2.05, 4.69) is 25.9 Å². The number of piperidine rings is 1. The summed E-state index contributed by atoms with van der Waals surface area (Å²) in [6.07, 6.45) is 4.11. The van der Waals surface area contributed by atoms with Crippen LogP contribution in [0.25, 0.3) is 0 Å². The second-order valence-corrected chi connectivity index (χ2v) is 5.85. The maximum atomic E-state index is 5.81. The Morgan fingerprint density at radius 3 is 2.95 bits per heavy atom. The quantitative estimate of drug-likeness (QED) is 0.868. The Labute approximate surface area is 131 Å². The van der Waals surface area contributed by atoms with Crippen LogP contribution >= 0.6 is 0 Å². The standard InChI is InChI=1S/C17H22N4O/c1-13-10-16(20-14(2)19-13)21-9-5-6-15(11-21)12-22-17-7-3-4-8-18-17/h3-4,7-8,10,15H,5-6,9,11-12H2,1-2H3. The number of nitrogens with zero attached hydrogens (tertiary/aromatic N) is 4. The van der Waals surface area contributed by atoms with Gasteiger partial charge in [0.25, 0.3) is 0 Å². The van der Waals surface area contributed by atoms with Gasteiger partial charge in [-0.15, -0.1) is 0 Å². The van der Waals surface area contributed by atoms with Crippen molar-refractivity contribution in [1.82, 2.24) is 15.0 Å². The Bertz CT molecular complexity index is 597. The van der Waals surface area contributed by atoms with Gasteiger partial charge in [-0.25, -0.2) is 15.0 Å². The van der Waals surface area contributed by atoms with E-state index in [1.165, 1.54) is 12.8 Å². The molecule has 0 amide bonds. The Hall–Kier alpha value is -2.17. The lowest BCUT2D eigenvalue weighted by Crippen LogP contribution is -2.38. The first-order chi connectivity index (χ1) is 10.7. The minimum absolute atomic E-state index is 0.506. The Morgan fingerprint density at radius 2 is 2.18 bits per heavy atom. The van der Waals surface area contributed by atoms with Gasteiger partial charge < -0.3 is 9.64 Å². The molecule has 1 atom stereocenters. The average Bonchev–Trinajstić information content (AvgIpc) is 2.53. The molecule has 1 saturated heterocycles. The second-order valence-electron chi connectivity index (χ2n) is 5.85. The summed E-state index contributed by atoms with van der Waals surface area (Å²) in [5.74, 6) is 3.08. The van der Waals surface area contributed by atoms with Gasteiger partial charge in [0.2, 0.25) is 5.88 Å². The van der Waals surface area contributed by atoms with Crippen LogP contribution < -0.4 is 9.64 Å². The summed E-state index contributed by atoms with van der Waals surface area (Å²) in [6.45, 7) is 6.70. The molecule has 3 heterocycles. The topological polar surface area (TPSA) is 51.1 Å². The van der Waals surface area contributed by atoms with Crippen LogP contribution in [0.4, 0.5) is 5.82 Å². The minimum atomic E-state index is 0.506. The summed E-state index contributed by atoms with van der Waals surface area (Å²) in [6, 6.07) is 7.81. The van der Waals surface area contributed by atoms with Gasteiger partial charge in [-0.05, 0) is 32.8 Å². The summed E-state index contributed by atoms with van der Waals surface area (Å²) in [5, 5.41) is 0. The summed E-state index contributed by atoms with van der Waals surface area (Å²) in [4.78, 5) is 15.5. The van der Waals surface area contributed by atoms with Gasteiger partial charge in [0.1, 0.15) is 11.6 Å². The fraction of sp³-hybridized carbons (Fsp3) is 0.471. The van der Waals surface area contributed by atoms with E-state index in [1.54, 1.807) is 6.20 Å². The van der Waals surface area contributed by atoms with Gasteiger partial charge in [0.05, 0.1) is 6.61 Å². The summed E-state index contributed by atoms with van der Waals surface area (Å²) >= 11 is 0. The number of hydrogen-bond acceptors (Lipinski definition) is 5. The number of anilines is 1. The lowest BCUT2D eigenvalue weighted by molar-refractivity contribution is 0.221. The molecule has 2 aromatic heterocycles. The maximum absolute atomic E-state index is 5.81. The van der Waals surface area contributed by atoms with E-state index in [4.69, 9.17) is 4.74 Å². The van der Waals surface area contributed by atoms with Crippen molar-refractivity contribution in [2.24, 2.45) is 5.92 Å². The predicted molar refractivity (Wildman–Crippen MR) is 86.2 cm³/mol. The van der Waals surface area contributed by atoms with Crippen LogP contribution in [0.2, 0.25) is 0 Å². The molecule has 1 unspecified atom stereocenters. The highest BCUT2D eigenvalue weighted by Crippen LogP contribution is 2.22. The van der Waals surface area contributed by atoms with Crippen molar-refractivity contribution < 1.29 is 4.74 Å². The van der Waals surface area contributed by atoms with E-state index in [1.807, 2.05) is 32.0 Å². The molecule has 1 fully saturated rings. The van der Waals surface area contributed by atoms with Crippen LogP contribution in [0.5, 0.6) is 5.88 Å². The van der Waals surface area contributed by atoms with Gasteiger partial charge in [-0.2, -0.15) is 0 Å². The third-order valence-electron chi connectivity index (χ3n) is 3.90. The van der Waals surface area contributed by atoms with Crippen molar-refractivity contribution >= 4 is 5.82 Å². The fourth-order valence-corrected chi connectivity index (χ4v) is 2.90. The summed E-state index contributed by atoms with van der Waals surface area (Å²) < 4.78 is 5.81. The first kappa shape index (κ1) is 14.8. The van der Waals surface area contributed by atoms with E-state index < -0.39 is 0 Å². The first-order valence-electron chi connectivity index (χ1n) is 7.82. The lowest BCUT2D eigenvalue weighted by atomic mass is 9.99. The zero-order valence-corrected chi connectivity index (χ0v) is 13.2. The van der Waals surface area contributed by atoms with Crippen molar-refractivity contribution in [2.45, 2.75) is 26.7 Å². The maximum Gasteiger partial charge on any atom is 0.213 e. The van der Waals surface area contributed by atoms with Crippen LogP contribution in [-0.4, -0.2) is 34.6 Å². The number of pyridine rings is 1. The molecular formula is C17H22N4O. The molecule has 2 aromatic rings. The number of ether oxygens (including phenoxy) is 1. The molecule has 0 aliphatic carbocycles. The fourth-order valence-electron chi connectivity index (χ4n) is 2.90. The van der Waals surface area contributed by atoms with Crippen LogP contribution in [0.1, 0.15) is 24.4 Å². The number of hydrogen-bond donors (Lipinski definition) is 0. The van der Waals surface area contributed by atoms with Gasteiger partial charge in [-0.3, -0.25) is 0 Å². The lowest BCUT2D eigenvalue weighted by Gasteiger charge is -2.33. The summed E-state index contributed by atoms with van der Waals surface area (Å²) in [5.41, 5.74) is 1.02. The highest BCUT2D eigenvalue weighted by atomic mass is 16.5. The smallest absolute Gasteiger partial charge is 0.213 e. The van der Waals surface area contributed by atoms with Gasteiger partial charge in [0, 0.05) is 43.0 Å². The normalized spacial score (nSPS) is 18.3. The van der Waals surface area contributed by atoms with Crippen molar-refractivity contribution in [3.63, 3.8) is 0 Å². The zero-order chi connectivity index (χ0) is 15.4. The first-order valence-corrected chi connectivity index (χ1v) is 7.82. The number of aryl methyl sites for hydroxylation is 2. The molecule has 22 heavy (non-hydrogen) atoms. The third-order valence-corrected chi connectivity index (χ3v) is 3.90. The minimum Gasteiger partial charge on any atom is -0.477 e. The molecule has 0 radical (unpaired) electrons. The molecule has 0 bridgehead atoms. The van der Waals surface area contributed by atoms with E-state index in [9.17, 15) is 0 Å². The summed E-state index contributed by atoms with van der Waals surface area (Å²) in [7, 11) is 0. The average molecular weight is 298 g/mol. The largest absolute Gasteiger partial charge is 0.477 e. The number of rotatable bonds is 4. The van der Waals surface area contributed by atoms with E-state index in [-0.39, 0.29) is 0 Å². The Kier molecular flexibility index (Phi) is 4.51. The molecular weight excluding hydrogens is 276 g/mol. The predicted octanol–water partition coefficient (Wildman–Crippen LogP) is 2.78. The van der Waals surface area contributed by atoms with Crippen molar-refractivity contribution in [3.05, 3.63) is 42.0 Å². The van der Waals surface area contributed by atoms with E-state index in [0.29, 0.717) is 18.4 Å². The molecule has 5 heteroatoms. The molecule has 116 valence electrons. The molecule has 3 rings (SSSR count). The molecule has 1 aliphatic heterocycles. The zero-order valence-electron chi connectivity index (χ0n) is 13.2. The van der Waals surface area contributed by atoms with Crippen molar-refractivity contribution in [3.8, 4) is 5.88 Å². The molecule has 0 spiro atoms. The Morgan fingerprint density at radius 1 is 1.27 bits per heavy atom. The molecule has 5 nitrogen and oxygen atoms in total. The van der Waals surface area contributed by atoms with Crippen LogP contribution in [0.3, 0.4) is 0 Å². The Balaban J connectivity index is 1.61. The van der Waals surface area contributed by atoms with Gasteiger partial charge in [0.15, 0.2) is 0 Å². The SMILES string of the molecule is Cc1cc(N2CCCC(COc3ccccn3)C2)nc(C)n1. The second kappa shape index (κ2) is 6.73. The monoisotopic (exact) mass is 298 g/mol. The molecule has 0 aromatic carbocycles. The molecule has 1 aliphatic rings. The number of aromatic nitrogens is 3. The highest BCUT2D eigenvalue weighted by Gasteiger charge is 2.22. The van der Waals surface area contributed by atoms with Gasteiger partial charge in [-0.1, -0.05) is 6.07 Å². The van der Waals surface area contributed by atoms with E-state index >= 15 is 0 Å². The van der Waals surface area contributed by atoms with E-state index in [0.717, 1.165) is 30.4 Å². The molecule has 0 N–H and O–H groups in total. The van der Waals surface area contributed by atoms with Crippen molar-refractivity contribution in [2.75, 3.05) is 24.6 Å². The third kappa shape index (κ3) is 3.72. The molecule has 0 saturated carbocycles. The van der Waals surface area contributed by atoms with Crippen molar-refractivity contribution in [1.29, 1.82) is 0 Å². The van der Waals surface area contributed by atoms with Crippen LogP contribution in [0.15, 0.2) is 30.5 Å². The van der Waals surface area contributed by atoms with Crippen LogP contribution in [-0.2, 0) is 0 Å². The van der Waals surface area contributed by atoms with Crippen LogP contribution in [0, 0.1) is 19.8 Å². The highest BCUT2D eigenvalue weighted by molar-refractivity contribution is 5.40. The van der Waals surface area contributed by atoms with Gasteiger partial charge >= 0.3 is 0 Å².